The number of alkyl halides is 2. The Morgan fingerprint density at radius 2 is 0.850 bits per heavy atom. The maximum absolute atomic E-state index is 14.7. The predicted molar refractivity (Wildman–Crippen MR) is 374 cm³/mol. The average molecular weight is 1700 g/mol. The molecule has 600 valence electrons. The Morgan fingerprint density at radius 3 is 1.12 bits per heavy atom. The number of fused-ring (bicyclic) bond motifs is 3. The van der Waals surface area contributed by atoms with Gasteiger partial charge in [0, 0.05) is 25.2 Å². The van der Waals surface area contributed by atoms with Crippen LogP contribution in [0, 0.1) is 17.8 Å². The highest BCUT2D eigenvalue weighted by atomic mass is 35.5. The number of nitrogens with zero attached hydrogens (tertiary/aromatic N) is 12. The van der Waals surface area contributed by atoms with Gasteiger partial charge in [-0.15, -0.1) is 0 Å². The van der Waals surface area contributed by atoms with Crippen molar-refractivity contribution in [2.75, 3.05) is 53.5 Å². The van der Waals surface area contributed by atoms with E-state index in [2.05, 4.69) is 86.7 Å². The predicted octanol–water partition coefficient (Wildman–Crippen LogP) is 1.11. The molecule has 3 saturated heterocycles. The molecule has 0 spiro atoms. The average Bonchev–Trinajstić information content (AvgIpc) is 1.61. The van der Waals surface area contributed by atoms with Gasteiger partial charge in [0.25, 0.3) is 0 Å². The molecule has 3 aliphatic carbocycles. The van der Waals surface area contributed by atoms with Gasteiger partial charge in [-0.3, -0.25) is 13.7 Å². The Morgan fingerprint density at radius 1 is 0.533 bits per heavy atom. The molecule has 3 saturated carbocycles. The molecule has 12 rings (SSSR count). The van der Waals surface area contributed by atoms with Crippen molar-refractivity contribution in [2.45, 2.75) is 192 Å². The fourth-order valence-electron chi connectivity index (χ4n) is 13.6. The highest BCUT2D eigenvalue weighted by Crippen LogP contribution is 2.57. The van der Waals surface area contributed by atoms with Crippen LogP contribution in [0.1, 0.15) is 104 Å². The molecule has 6 aromatic rings. The van der Waals surface area contributed by atoms with E-state index >= 15 is 0 Å². The van der Waals surface area contributed by atoms with Gasteiger partial charge >= 0.3 is 32.3 Å². The SMILES string of the molecule is CC1CCCC1Nc1nc(Cl)nc2c1cnn2[C@@H]1O[C@H](CS(=O)(=O)C(C)(F)P(=O)(O)O)[C@@H](O)[C@H]1O.CC1CCCC1Nc1nc(Cl)nc2c1cnn2[C@@H]1O[C@H](CS(=O)(=O)C(F)(CO)P(=O)(O)O)[C@@H](O)[C@H]1O.COCC(P(=O)(O)O)S(=O)(=O)C[C@H]1O[C@@H](n2ncc3c(NC4CCCC4C)nc(Cl)nc32)[C@H](O)[C@@H]1O. The fourth-order valence-corrected chi connectivity index (χ4v) is 23.3. The Balaban J connectivity index is 0.000000172. The number of aliphatic hydroxyl groups is 7. The zero-order valence-electron chi connectivity index (χ0n) is 57.0. The topological polar surface area (TPSA) is 620 Å². The third-order valence-electron chi connectivity index (χ3n) is 20.0. The molecule has 3 aliphatic heterocycles. The number of hydrogen-bond donors (Lipinski definition) is 16. The van der Waals surface area contributed by atoms with Gasteiger partial charge in [-0.1, -0.05) is 40.0 Å². The van der Waals surface area contributed by atoms with E-state index in [0.29, 0.717) is 51.4 Å². The van der Waals surface area contributed by atoms with Crippen LogP contribution in [0.4, 0.5) is 26.2 Å². The first kappa shape index (κ1) is 85.1. The largest absolute Gasteiger partial charge is 0.391 e. The standard InChI is InChI=1S/C19H29ClN5O9PS.C18H26ClFN5O9PS.C18H26ClFN5O8PS/c1-9-4-3-5-11(9)22-16-10-6-21-25(17(10)24-19(20)23-16)18-15(27)14(26)12(34-18)8-36(31,32)13(7-33-2)35(28,29)30;1-8-3-2-4-10(8)22-14-9-5-21-25(15(9)24-17(19)23-14)16-13(28)12(27)11(34-16)6-36(32,33)18(20,7-26)35(29,30)31;1-8-4-3-5-10(8)22-14-9-6-21-25(15(9)24-17(19)23-14)16-13(27)12(26)11(33-16)7-35(31,32)18(2,20)34(28,29)30/h6,9,11-15,18,26-27H,3-5,7-8H2,1-2H3,(H,22,23,24)(H2,28,29,30);5,8,10-13,16,26-28H,2-4,6-7H2,1H3,(H,22,23,24)(H2,29,30,31);6,8,10-13,16,26-27H,3-5,7H2,1-2H3,(H,22,23,24)(H2,28,29,30)/t9?,11?,12-,13?,14-,15-,18-;2*8?,10?,11-,12-,13-,16-,18?/m111/s1. The summed E-state index contributed by atoms with van der Waals surface area (Å²) in [6.07, 6.45) is -6.54. The first-order valence-corrected chi connectivity index (χ1v) is 44.1. The van der Waals surface area contributed by atoms with Gasteiger partial charge in [-0.25, -0.2) is 48.1 Å². The molecule has 16 N–H and O–H groups in total. The van der Waals surface area contributed by atoms with Gasteiger partial charge in [0.2, 0.25) is 25.7 Å². The summed E-state index contributed by atoms with van der Waals surface area (Å²) >= 11 is 18.3. The smallest absolute Gasteiger partial charge is 0.380 e. The molecule has 0 bridgehead atoms. The third-order valence-corrected chi connectivity index (χ3v) is 33.9. The second kappa shape index (κ2) is 32.3. The molecule has 21 atom stereocenters. The molecule has 0 radical (unpaired) electrons. The maximum atomic E-state index is 14.7. The van der Waals surface area contributed by atoms with Gasteiger partial charge in [-0.05, 0) is 98.0 Å². The number of aromatic nitrogens is 12. The van der Waals surface area contributed by atoms with Crippen molar-refractivity contribution < 1.29 is 132 Å². The van der Waals surface area contributed by atoms with Crippen molar-refractivity contribution in [1.82, 2.24) is 59.2 Å². The van der Waals surface area contributed by atoms with E-state index in [-0.39, 0.29) is 57.8 Å². The Labute approximate surface area is 622 Å². The van der Waals surface area contributed by atoms with Gasteiger partial charge in [0.05, 0.1) is 58.6 Å². The molecule has 9 heterocycles. The lowest BCUT2D eigenvalue weighted by molar-refractivity contribution is -0.0366. The van der Waals surface area contributed by atoms with Crippen molar-refractivity contribution in [3.8, 4) is 0 Å². The molecular weight excluding hydrogens is 1620 g/mol. The lowest BCUT2D eigenvalue weighted by atomic mass is 10.1. The minimum absolute atomic E-state index is 0.0892. The van der Waals surface area contributed by atoms with E-state index in [1.807, 2.05) is 0 Å². The van der Waals surface area contributed by atoms with E-state index in [9.17, 15) is 88.2 Å². The van der Waals surface area contributed by atoms with E-state index in [0.717, 1.165) is 74.3 Å². The number of rotatable bonds is 24. The van der Waals surface area contributed by atoms with E-state index in [4.69, 9.17) is 73.7 Å². The zero-order valence-corrected chi connectivity index (χ0v) is 64.4. The van der Waals surface area contributed by atoms with Gasteiger partial charge in [-0.2, -0.15) is 45.2 Å². The lowest BCUT2D eigenvalue weighted by Gasteiger charge is -2.25. The minimum atomic E-state index is -5.99. The van der Waals surface area contributed by atoms with E-state index in [1.165, 1.54) is 23.3 Å². The Hall–Kier alpha value is -4.36. The van der Waals surface area contributed by atoms with Crippen LogP contribution in [0.3, 0.4) is 0 Å². The van der Waals surface area contributed by atoms with Crippen molar-refractivity contribution in [3.05, 3.63) is 34.4 Å². The summed E-state index contributed by atoms with van der Waals surface area (Å²) in [7, 11) is -30.8. The molecule has 0 aromatic carbocycles. The number of anilines is 3. The second-order valence-electron chi connectivity index (χ2n) is 27.3. The molecule has 6 fully saturated rings. The maximum Gasteiger partial charge on any atom is 0.380 e. The summed E-state index contributed by atoms with van der Waals surface area (Å²) in [6.45, 7) is 3.80. The molecule has 6 aliphatic rings. The number of sulfone groups is 3. The van der Waals surface area contributed by atoms with Crippen LogP contribution in [-0.4, -0.2) is 275 Å². The molecule has 9 unspecified atom stereocenters. The number of methoxy groups -OCH3 is 1. The molecule has 107 heavy (non-hydrogen) atoms. The van der Waals surface area contributed by atoms with Crippen molar-refractivity contribution >= 4 is 138 Å². The van der Waals surface area contributed by atoms with Crippen LogP contribution < -0.4 is 16.0 Å². The van der Waals surface area contributed by atoms with Crippen molar-refractivity contribution in [1.29, 1.82) is 0 Å². The van der Waals surface area contributed by atoms with Crippen LogP contribution in [0.5, 0.6) is 0 Å². The molecular formula is C55H81Cl3F2N15O26P3S3. The third kappa shape index (κ3) is 17.3. The molecule has 0 amide bonds. The van der Waals surface area contributed by atoms with Crippen LogP contribution >= 0.6 is 57.6 Å². The summed E-state index contributed by atoms with van der Waals surface area (Å²) in [5, 5.41) is 95.6. The highest BCUT2D eigenvalue weighted by Gasteiger charge is 2.62. The van der Waals surface area contributed by atoms with Crippen molar-refractivity contribution in [2.24, 2.45) is 17.8 Å². The molecule has 41 nitrogen and oxygen atoms in total. The lowest BCUT2D eigenvalue weighted by Crippen LogP contribution is -2.44. The number of halogens is 5. The van der Waals surface area contributed by atoms with Crippen LogP contribution in [0.15, 0.2) is 18.6 Å². The van der Waals surface area contributed by atoms with Crippen LogP contribution in [0.25, 0.3) is 33.1 Å². The number of hydrogen-bond acceptors (Lipinski definition) is 32. The summed E-state index contributed by atoms with van der Waals surface area (Å²) < 4.78 is 155. The minimum Gasteiger partial charge on any atom is -0.391 e. The van der Waals surface area contributed by atoms with E-state index < -0.39 is 171 Å². The molecule has 6 aromatic heterocycles. The first-order chi connectivity index (χ1) is 49.7. The van der Waals surface area contributed by atoms with Crippen LogP contribution in [0.2, 0.25) is 15.9 Å². The van der Waals surface area contributed by atoms with Crippen molar-refractivity contribution in [3.63, 3.8) is 0 Å². The second-order valence-corrected chi connectivity index (χ2v) is 41.6. The van der Waals surface area contributed by atoms with Gasteiger partial charge in [0.15, 0.2) is 60.3 Å². The fraction of sp³-hybridized carbons (Fsp3) is 0.727. The number of ether oxygens (including phenoxy) is 4. The normalized spacial score (nSPS) is 31.0. The summed E-state index contributed by atoms with van der Waals surface area (Å²) in [5.74, 6) is -1.27. The summed E-state index contributed by atoms with van der Waals surface area (Å²) in [4.78, 5) is 78.5. The monoisotopic (exact) mass is 1700 g/mol. The Kier molecular flexibility index (Phi) is 25.6. The Bertz CT molecular complexity index is 4750. The summed E-state index contributed by atoms with van der Waals surface area (Å²) in [5.41, 5.74) is 0.409. The number of aliphatic hydroxyl groups excluding tert-OH is 7. The van der Waals surface area contributed by atoms with Gasteiger partial charge < -0.3 is 100 Å². The van der Waals surface area contributed by atoms with Crippen LogP contribution in [-0.2, 0) is 62.2 Å². The highest BCUT2D eigenvalue weighted by molar-refractivity contribution is 8.00. The zero-order chi connectivity index (χ0) is 79.0. The molecule has 52 heteroatoms. The van der Waals surface area contributed by atoms with Gasteiger partial charge in [0.1, 0.15) is 79.0 Å². The quantitative estimate of drug-likeness (QED) is 0.0298. The number of nitrogens with one attached hydrogen (secondary N) is 3. The van der Waals surface area contributed by atoms with E-state index in [1.54, 1.807) is 0 Å². The summed E-state index contributed by atoms with van der Waals surface area (Å²) in [6, 6.07) is 0.469. The first-order valence-electron chi connectivity index (χ1n) is 33.0.